The van der Waals surface area contributed by atoms with E-state index in [0.29, 0.717) is 34.7 Å². The van der Waals surface area contributed by atoms with E-state index in [1.807, 2.05) is 25.1 Å². The molecule has 20 heavy (non-hydrogen) atoms. The maximum atomic E-state index is 10.7. The molecule has 0 unspecified atom stereocenters. The largest absolute Gasteiger partial charge is 0.493 e. The Morgan fingerprint density at radius 2 is 1.85 bits per heavy atom. The Hall–Kier alpha value is -2.80. The van der Waals surface area contributed by atoms with Crippen molar-refractivity contribution < 1.29 is 14.3 Å². The van der Waals surface area contributed by atoms with Crippen molar-refractivity contribution in [3.8, 4) is 23.3 Å². The molecular formula is C16H13NO3. The molecule has 0 atom stereocenters. The monoisotopic (exact) mass is 267 g/mol. The van der Waals surface area contributed by atoms with Crippen LogP contribution in [0, 0.1) is 18.3 Å². The van der Waals surface area contributed by atoms with E-state index in [1.165, 1.54) is 6.07 Å². The number of ether oxygens (including phenoxy) is 2. The molecule has 0 aliphatic rings. The molecule has 0 N–H and O–H groups in total. The first-order chi connectivity index (χ1) is 9.67. The molecule has 0 amide bonds. The second kappa shape index (κ2) is 5.89. The molecule has 4 heteroatoms. The zero-order valence-corrected chi connectivity index (χ0v) is 11.2. The molecule has 100 valence electrons. The molecule has 0 bridgehead atoms. The predicted octanol–water partition coefficient (Wildman–Crippen LogP) is 3.48. The van der Waals surface area contributed by atoms with Crippen molar-refractivity contribution in [3.63, 3.8) is 0 Å². The third kappa shape index (κ3) is 2.78. The first-order valence-corrected chi connectivity index (χ1v) is 5.99. The van der Waals surface area contributed by atoms with Crippen molar-refractivity contribution in [2.45, 2.75) is 6.92 Å². The minimum absolute atomic E-state index is 0.303. The third-order valence-electron chi connectivity index (χ3n) is 2.80. The van der Waals surface area contributed by atoms with Gasteiger partial charge in [0, 0.05) is 5.56 Å². The van der Waals surface area contributed by atoms with Gasteiger partial charge in [-0.2, -0.15) is 5.26 Å². The van der Waals surface area contributed by atoms with E-state index in [-0.39, 0.29) is 0 Å². The lowest BCUT2D eigenvalue weighted by atomic mass is 10.1. The second-order valence-corrected chi connectivity index (χ2v) is 4.24. The first kappa shape index (κ1) is 13.6. The summed E-state index contributed by atoms with van der Waals surface area (Å²) in [4.78, 5) is 10.7. The minimum Gasteiger partial charge on any atom is -0.493 e. The molecule has 0 heterocycles. The molecule has 2 rings (SSSR count). The predicted molar refractivity (Wildman–Crippen MR) is 74.3 cm³/mol. The van der Waals surface area contributed by atoms with Gasteiger partial charge in [-0.3, -0.25) is 4.79 Å². The number of methoxy groups -OCH3 is 1. The molecule has 0 saturated carbocycles. The molecule has 2 aromatic rings. The molecule has 0 spiro atoms. The number of benzene rings is 2. The number of nitriles is 1. The third-order valence-corrected chi connectivity index (χ3v) is 2.80. The molecular weight excluding hydrogens is 254 g/mol. The maximum absolute atomic E-state index is 10.7. The highest BCUT2D eigenvalue weighted by molar-refractivity contribution is 5.76. The quantitative estimate of drug-likeness (QED) is 0.796. The van der Waals surface area contributed by atoms with Gasteiger partial charge in [0.1, 0.15) is 18.1 Å². The SMILES string of the molecule is COc1cc(C)ccc1Oc1ccc(C=O)cc1C#N. The Labute approximate surface area is 117 Å². The van der Waals surface area contributed by atoms with Crippen LogP contribution in [0.4, 0.5) is 0 Å². The highest BCUT2D eigenvalue weighted by Gasteiger charge is 2.10. The summed E-state index contributed by atoms with van der Waals surface area (Å²) < 4.78 is 11.0. The Morgan fingerprint density at radius 1 is 1.10 bits per heavy atom. The zero-order chi connectivity index (χ0) is 14.5. The average molecular weight is 267 g/mol. The lowest BCUT2D eigenvalue weighted by Crippen LogP contribution is -1.94. The highest BCUT2D eigenvalue weighted by Crippen LogP contribution is 2.33. The van der Waals surface area contributed by atoms with Crippen molar-refractivity contribution in [2.24, 2.45) is 0 Å². The van der Waals surface area contributed by atoms with Crippen LogP contribution in [0.5, 0.6) is 17.2 Å². The minimum atomic E-state index is 0.303. The lowest BCUT2D eigenvalue weighted by Gasteiger charge is -2.12. The van der Waals surface area contributed by atoms with Gasteiger partial charge in [-0.1, -0.05) is 6.07 Å². The van der Waals surface area contributed by atoms with Crippen molar-refractivity contribution in [1.29, 1.82) is 5.26 Å². The summed E-state index contributed by atoms with van der Waals surface area (Å²) >= 11 is 0. The molecule has 0 aliphatic carbocycles. The lowest BCUT2D eigenvalue weighted by molar-refractivity contribution is 0.112. The average Bonchev–Trinajstić information content (AvgIpc) is 2.49. The molecule has 2 aromatic carbocycles. The summed E-state index contributed by atoms with van der Waals surface area (Å²) in [5.41, 5.74) is 1.79. The molecule has 4 nitrogen and oxygen atoms in total. The van der Waals surface area contributed by atoms with Crippen LogP contribution in [0.25, 0.3) is 0 Å². The summed E-state index contributed by atoms with van der Waals surface area (Å²) in [6, 6.07) is 12.2. The Morgan fingerprint density at radius 3 is 2.50 bits per heavy atom. The van der Waals surface area contributed by atoms with E-state index in [4.69, 9.17) is 14.7 Å². The number of aryl methyl sites for hydroxylation is 1. The van der Waals surface area contributed by atoms with Gasteiger partial charge >= 0.3 is 0 Å². The molecule has 0 aromatic heterocycles. The van der Waals surface area contributed by atoms with Crippen molar-refractivity contribution in [1.82, 2.24) is 0 Å². The van der Waals surface area contributed by atoms with Crippen LogP contribution in [0.1, 0.15) is 21.5 Å². The van der Waals surface area contributed by atoms with E-state index in [2.05, 4.69) is 0 Å². The number of nitrogens with zero attached hydrogens (tertiary/aromatic N) is 1. The fourth-order valence-electron chi connectivity index (χ4n) is 1.77. The summed E-state index contributed by atoms with van der Waals surface area (Å²) in [6.45, 7) is 1.95. The van der Waals surface area contributed by atoms with Gasteiger partial charge in [-0.15, -0.1) is 0 Å². The van der Waals surface area contributed by atoms with Crippen LogP contribution < -0.4 is 9.47 Å². The van der Waals surface area contributed by atoms with Gasteiger partial charge in [0.25, 0.3) is 0 Å². The standard InChI is InChI=1S/C16H13NO3/c1-11-3-5-15(16(7-11)19-2)20-14-6-4-12(10-18)8-13(14)9-17/h3-8,10H,1-2H3. The molecule has 0 fully saturated rings. The molecule has 0 aliphatic heterocycles. The van der Waals surface area contributed by atoms with Crippen LogP contribution in [0.2, 0.25) is 0 Å². The zero-order valence-electron chi connectivity index (χ0n) is 11.2. The number of rotatable bonds is 4. The number of hydrogen-bond donors (Lipinski definition) is 0. The summed E-state index contributed by atoms with van der Waals surface area (Å²) in [5.74, 6) is 1.50. The van der Waals surface area contributed by atoms with Crippen LogP contribution in [-0.2, 0) is 0 Å². The summed E-state index contributed by atoms with van der Waals surface area (Å²) in [6.07, 6.45) is 0.692. The van der Waals surface area contributed by atoms with Gasteiger partial charge in [0.15, 0.2) is 11.5 Å². The van der Waals surface area contributed by atoms with Crippen LogP contribution in [-0.4, -0.2) is 13.4 Å². The fourth-order valence-corrected chi connectivity index (χ4v) is 1.77. The van der Waals surface area contributed by atoms with Gasteiger partial charge in [0.05, 0.1) is 12.7 Å². The normalized spacial score (nSPS) is 9.65. The van der Waals surface area contributed by atoms with E-state index in [1.54, 1.807) is 25.3 Å². The summed E-state index contributed by atoms with van der Waals surface area (Å²) in [7, 11) is 1.56. The second-order valence-electron chi connectivity index (χ2n) is 4.24. The van der Waals surface area contributed by atoms with E-state index in [0.717, 1.165) is 5.56 Å². The van der Waals surface area contributed by atoms with Crippen molar-refractivity contribution >= 4 is 6.29 Å². The van der Waals surface area contributed by atoms with Crippen LogP contribution in [0.3, 0.4) is 0 Å². The van der Waals surface area contributed by atoms with Gasteiger partial charge in [-0.25, -0.2) is 0 Å². The maximum Gasteiger partial charge on any atom is 0.169 e. The van der Waals surface area contributed by atoms with Gasteiger partial charge < -0.3 is 9.47 Å². The van der Waals surface area contributed by atoms with Crippen molar-refractivity contribution in [3.05, 3.63) is 53.1 Å². The smallest absolute Gasteiger partial charge is 0.169 e. The Balaban J connectivity index is 2.40. The number of hydrogen-bond acceptors (Lipinski definition) is 4. The molecule has 0 saturated heterocycles. The Bertz CT molecular complexity index is 687. The topological polar surface area (TPSA) is 59.3 Å². The number of aldehydes is 1. The number of carbonyl (C=O) groups is 1. The fraction of sp³-hybridized carbons (Fsp3) is 0.125. The summed E-state index contributed by atoms with van der Waals surface area (Å²) in [5, 5.41) is 9.11. The first-order valence-electron chi connectivity index (χ1n) is 5.99. The Kier molecular flexibility index (Phi) is 4.02. The van der Waals surface area contributed by atoms with Gasteiger partial charge in [-0.05, 0) is 42.8 Å². The highest BCUT2D eigenvalue weighted by atomic mass is 16.5. The number of carbonyl (C=O) groups excluding carboxylic acids is 1. The van der Waals surface area contributed by atoms with Crippen LogP contribution >= 0.6 is 0 Å². The van der Waals surface area contributed by atoms with Gasteiger partial charge in [0.2, 0.25) is 0 Å². The molecule has 0 radical (unpaired) electrons. The van der Waals surface area contributed by atoms with E-state index < -0.39 is 0 Å². The van der Waals surface area contributed by atoms with Crippen molar-refractivity contribution in [2.75, 3.05) is 7.11 Å². The van der Waals surface area contributed by atoms with E-state index >= 15 is 0 Å². The van der Waals surface area contributed by atoms with E-state index in [9.17, 15) is 4.79 Å². The van der Waals surface area contributed by atoms with Crippen LogP contribution in [0.15, 0.2) is 36.4 Å².